The molecule has 16 heteroatoms. The minimum absolute atomic E-state index is 0.0939. The maximum absolute atomic E-state index is 16.0. The van der Waals surface area contributed by atoms with E-state index < -0.39 is 113 Å². The molecule has 3 fully saturated rings. The predicted molar refractivity (Wildman–Crippen MR) is 259 cm³/mol. The predicted octanol–water partition coefficient (Wildman–Crippen LogP) is 7.52. The maximum atomic E-state index is 16.0. The van der Waals surface area contributed by atoms with E-state index in [9.17, 15) is 34.2 Å². The average molecular weight is 990 g/mol. The third kappa shape index (κ3) is 9.26. The van der Waals surface area contributed by atoms with Gasteiger partial charge in [0.05, 0.1) is 29.5 Å². The monoisotopic (exact) mass is 989 g/mol. The van der Waals surface area contributed by atoms with Gasteiger partial charge in [-0.3, -0.25) is 14.4 Å². The summed E-state index contributed by atoms with van der Waals surface area (Å²) in [6.07, 6.45) is -7.28. The highest BCUT2D eigenvalue weighted by Crippen LogP contribution is 2.65. The highest BCUT2D eigenvalue weighted by Gasteiger charge is 2.78. The molecule has 2 saturated carbocycles. The van der Waals surface area contributed by atoms with Crippen molar-refractivity contribution >= 4 is 47.5 Å². The van der Waals surface area contributed by atoms with Crippen LogP contribution in [0.1, 0.15) is 92.3 Å². The molecule has 71 heavy (non-hydrogen) atoms. The molecule has 1 heterocycles. The van der Waals surface area contributed by atoms with Crippen LogP contribution < -0.4 is 5.32 Å². The van der Waals surface area contributed by atoms with Gasteiger partial charge in [-0.15, -0.1) is 11.8 Å². The number of benzene rings is 4. The fourth-order valence-electron chi connectivity index (χ4n) is 11.6. The van der Waals surface area contributed by atoms with Crippen LogP contribution in [0.15, 0.2) is 131 Å². The van der Waals surface area contributed by atoms with E-state index in [0.717, 1.165) is 4.90 Å². The van der Waals surface area contributed by atoms with Crippen molar-refractivity contribution in [2.24, 2.45) is 22.7 Å². The summed E-state index contributed by atoms with van der Waals surface area (Å²) >= 11 is 1.56. The SMILES string of the molecule is CSc1ccc(COC(=O)O[C@H]2CC3OC[C@@]3(OC(C)=O)[C@H]3[C@H](OC(=O)c4ccccc4)[C@]4(O)CC(OC(=O)[C@H](O)C(NC(=O)c5ccccc5)c5ccccc5)C(C)=C([C@@H](C)C(=O)[C@]23C)C4(C)C)cc1. The lowest BCUT2D eigenvalue weighted by molar-refractivity contribution is -0.345. The van der Waals surface area contributed by atoms with Gasteiger partial charge < -0.3 is 44.0 Å². The number of ether oxygens (including phenoxy) is 6. The van der Waals surface area contributed by atoms with E-state index in [4.69, 9.17) is 28.4 Å². The smallest absolute Gasteiger partial charge is 0.456 e. The Labute approximate surface area is 416 Å². The van der Waals surface area contributed by atoms with Crippen molar-refractivity contribution < 1.29 is 67.4 Å². The first kappa shape index (κ1) is 51.0. The molecule has 3 N–H and O–H groups in total. The van der Waals surface area contributed by atoms with E-state index in [1.165, 1.54) is 19.1 Å². The fourth-order valence-corrected chi connectivity index (χ4v) is 12.0. The Hall–Kier alpha value is -6.33. The molecule has 0 radical (unpaired) electrons. The Morgan fingerprint density at radius 3 is 2.03 bits per heavy atom. The summed E-state index contributed by atoms with van der Waals surface area (Å²) in [5.74, 6) is -6.49. The summed E-state index contributed by atoms with van der Waals surface area (Å²) in [5.41, 5.74) is -5.22. The standard InChI is InChI=1S/C55H59NO14S/c1-31-39(67-50(62)44(58)43(35-17-11-8-12-18-35)56-48(60)36-19-13-9-14-20-36)28-55(64)47(69-49(61)37-21-15-10-16-22-37)45-53(6,46(59)32(2)42(31)52(55,4)5)40(27-41-54(45,30-66-41)70-33(3)57)68-51(63)65-29-34-23-25-38(71-7)26-24-34/h8-26,32,39-41,43-45,47,58,64H,27-30H2,1-7H3,(H,56,60)/t32-,39?,40+,41?,43?,44-,45+,47+,53-,54+,55-/m1/s1. The zero-order chi connectivity index (χ0) is 51.0. The number of amides is 1. The van der Waals surface area contributed by atoms with Gasteiger partial charge in [-0.1, -0.05) is 99.6 Å². The first-order chi connectivity index (χ1) is 33.8. The van der Waals surface area contributed by atoms with Crippen molar-refractivity contribution in [3.8, 4) is 0 Å². The lowest BCUT2D eigenvalue weighted by Crippen LogP contribution is -2.81. The number of aliphatic hydroxyl groups excluding tert-OH is 1. The molecule has 8 rings (SSSR count). The molecule has 15 nitrogen and oxygen atoms in total. The number of carbonyl (C=O) groups is 6. The van der Waals surface area contributed by atoms with Gasteiger partial charge in [-0.2, -0.15) is 0 Å². The first-order valence-corrected chi connectivity index (χ1v) is 24.8. The van der Waals surface area contributed by atoms with Crippen LogP contribution in [0.2, 0.25) is 0 Å². The highest BCUT2D eigenvalue weighted by atomic mass is 32.2. The molecule has 0 spiro atoms. The van der Waals surface area contributed by atoms with Gasteiger partial charge in [0, 0.05) is 41.6 Å². The summed E-state index contributed by atoms with van der Waals surface area (Å²) in [5, 5.41) is 28.6. The van der Waals surface area contributed by atoms with Crippen LogP contribution >= 0.6 is 11.8 Å². The molecule has 4 aromatic carbocycles. The van der Waals surface area contributed by atoms with Crippen molar-refractivity contribution in [1.82, 2.24) is 5.32 Å². The van der Waals surface area contributed by atoms with Crippen LogP contribution in [0, 0.1) is 22.7 Å². The molecule has 374 valence electrons. The number of Topliss-reactive ketones (excluding diaryl/α,β-unsaturated/α-hetero) is 1. The summed E-state index contributed by atoms with van der Waals surface area (Å²) < 4.78 is 37.0. The topological polar surface area (TPSA) is 210 Å². The van der Waals surface area contributed by atoms with E-state index >= 15 is 4.79 Å². The fraction of sp³-hybridized carbons (Fsp3) is 0.418. The second kappa shape index (κ2) is 20.1. The van der Waals surface area contributed by atoms with Crippen molar-refractivity contribution in [2.45, 2.75) is 114 Å². The number of thioether (sulfide) groups is 1. The molecule has 4 aromatic rings. The molecular formula is C55H59NO14S. The number of ketones is 1. The number of carbonyl (C=O) groups excluding carboxylic acids is 6. The number of rotatable bonds is 13. The second-order valence-electron chi connectivity index (χ2n) is 19.6. The lowest BCUT2D eigenvalue weighted by atomic mass is 9.43. The molecule has 1 saturated heterocycles. The molecule has 1 aliphatic heterocycles. The van der Waals surface area contributed by atoms with E-state index in [0.29, 0.717) is 22.3 Å². The largest absolute Gasteiger partial charge is 0.508 e. The number of fused-ring (bicyclic) bond motifs is 5. The summed E-state index contributed by atoms with van der Waals surface area (Å²) in [6.45, 7) is 9.03. The number of aliphatic hydroxyl groups is 2. The summed E-state index contributed by atoms with van der Waals surface area (Å²) in [7, 11) is 0. The quantitative estimate of drug-likeness (QED) is 0.0512. The molecule has 11 atom stereocenters. The first-order valence-electron chi connectivity index (χ1n) is 23.6. The van der Waals surface area contributed by atoms with E-state index in [2.05, 4.69) is 5.32 Å². The van der Waals surface area contributed by atoms with Gasteiger partial charge in [0.2, 0.25) is 0 Å². The van der Waals surface area contributed by atoms with Crippen molar-refractivity contribution in [3.63, 3.8) is 0 Å². The van der Waals surface area contributed by atoms with Crippen LogP contribution in [0.4, 0.5) is 4.79 Å². The summed E-state index contributed by atoms with van der Waals surface area (Å²) in [4.78, 5) is 86.7. The number of hydrogen-bond acceptors (Lipinski definition) is 15. The van der Waals surface area contributed by atoms with E-state index in [-0.39, 0.29) is 30.8 Å². The number of esters is 3. The molecule has 0 aromatic heterocycles. The van der Waals surface area contributed by atoms with Gasteiger partial charge >= 0.3 is 24.1 Å². The van der Waals surface area contributed by atoms with E-state index in [1.54, 1.807) is 125 Å². The van der Waals surface area contributed by atoms with Crippen LogP contribution in [0.3, 0.4) is 0 Å². The molecule has 3 aliphatic carbocycles. The Morgan fingerprint density at radius 2 is 1.45 bits per heavy atom. The van der Waals surface area contributed by atoms with Crippen LogP contribution in [0.5, 0.6) is 0 Å². The average Bonchev–Trinajstić information content (AvgIpc) is 3.36. The molecular weight excluding hydrogens is 931 g/mol. The lowest BCUT2D eigenvalue weighted by Gasteiger charge is -2.67. The zero-order valence-corrected chi connectivity index (χ0v) is 41.4. The third-order valence-corrected chi connectivity index (χ3v) is 16.0. The molecule has 3 unspecified atom stereocenters. The highest BCUT2D eigenvalue weighted by molar-refractivity contribution is 7.98. The minimum Gasteiger partial charge on any atom is -0.456 e. The van der Waals surface area contributed by atoms with Gasteiger partial charge in [0.1, 0.15) is 42.4 Å². The van der Waals surface area contributed by atoms with Gasteiger partial charge in [-0.05, 0) is 78.8 Å². The molecule has 1 amide bonds. The second-order valence-corrected chi connectivity index (χ2v) is 20.4. The molecule has 4 aliphatic rings. The van der Waals surface area contributed by atoms with Gasteiger partial charge in [0.15, 0.2) is 11.7 Å². The molecule has 2 bridgehead atoms. The number of hydrogen-bond donors (Lipinski definition) is 3. The Morgan fingerprint density at radius 1 is 0.845 bits per heavy atom. The summed E-state index contributed by atoms with van der Waals surface area (Å²) in [6, 6.07) is 30.8. The van der Waals surface area contributed by atoms with E-state index in [1.807, 2.05) is 30.5 Å². The Bertz CT molecular complexity index is 2700. The third-order valence-electron chi connectivity index (χ3n) is 15.2. The minimum atomic E-state index is -2.29. The zero-order valence-electron chi connectivity index (χ0n) is 40.6. The van der Waals surface area contributed by atoms with Crippen molar-refractivity contribution in [2.75, 3.05) is 12.9 Å². The van der Waals surface area contributed by atoms with Crippen LogP contribution in [-0.2, 0) is 49.4 Å². The maximum Gasteiger partial charge on any atom is 0.508 e. The van der Waals surface area contributed by atoms with Gasteiger partial charge in [-0.25, -0.2) is 14.4 Å². The number of nitrogens with one attached hydrogen (secondary N) is 1. The Kier molecular flexibility index (Phi) is 14.4. The normalized spacial score (nSPS) is 29.2. The van der Waals surface area contributed by atoms with Crippen molar-refractivity contribution in [3.05, 3.63) is 149 Å². The van der Waals surface area contributed by atoms with Crippen LogP contribution in [0.25, 0.3) is 0 Å². The van der Waals surface area contributed by atoms with Crippen molar-refractivity contribution in [1.29, 1.82) is 0 Å². The Balaban J connectivity index is 1.23. The van der Waals surface area contributed by atoms with Gasteiger partial charge in [0.25, 0.3) is 5.91 Å². The van der Waals surface area contributed by atoms with Crippen LogP contribution in [-0.4, -0.2) is 101 Å².